The molecule has 1 fully saturated rings. The number of nitrogens with zero attached hydrogens (tertiary/aromatic N) is 2. The molecule has 1 aromatic carbocycles. The van der Waals surface area contributed by atoms with Crippen LogP contribution in [0.4, 0.5) is 4.79 Å². The van der Waals surface area contributed by atoms with E-state index in [4.69, 9.17) is 4.74 Å². The van der Waals surface area contributed by atoms with Gasteiger partial charge in [0.05, 0.1) is 13.7 Å². The molecule has 0 bridgehead atoms. The Morgan fingerprint density at radius 2 is 2.00 bits per heavy atom. The van der Waals surface area contributed by atoms with Gasteiger partial charge >= 0.3 is 6.03 Å². The van der Waals surface area contributed by atoms with Crippen molar-refractivity contribution in [1.82, 2.24) is 20.9 Å². The molecule has 3 N–H and O–H groups in total. The van der Waals surface area contributed by atoms with Gasteiger partial charge in [0.1, 0.15) is 5.75 Å². The van der Waals surface area contributed by atoms with Crippen LogP contribution in [0.5, 0.6) is 5.75 Å². The fourth-order valence-corrected chi connectivity index (χ4v) is 2.41. The Kier molecular flexibility index (Phi) is 9.03. The topological polar surface area (TPSA) is 95.1 Å². The highest BCUT2D eigenvalue weighted by Crippen LogP contribution is 2.17. The minimum absolute atomic E-state index is 0. The average Bonchev–Trinajstić information content (AvgIpc) is 2.92. The van der Waals surface area contributed by atoms with E-state index in [0.29, 0.717) is 25.6 Å². The lowest BCUT2D eigenvalue weighted by Crippen LogP contribution is -2.43. The van der Waals surface area contributed by atoms with Crippen LogP contribution in [0.25, 0.3) is 0 Å². The molecule has 138 valence electrons. The minimum Gasteiger partial charge on any atom is -0.496 e. The Hall–Kier alpha value is -2.04. The second-order valence-electron chi connectivity index (χ2n) is 5.19. The summed E-state index contributed by atoms with van der Waals surface area (Å²) in [7, 11) is 3.33. The molecular formula is C16H24IN5O3. The van der Waals surface area contributed by atoms with Gasteiger partial charge in [-0.05, 0) is 18.1 Å². The smallest absolute Gasteiger partial charge is 0.324 e. The number of hydrogen-bond acceptors (Lipinski definition) is 4. The normalized spacial score (nSPS) is 14.0. The maximum atomic E-state index is 11.5. The highest BCUT2D eigenvalue weighted by atomic mass is 127. The highest BCUT2D eigenvalue weighted by molar-refractivity contribution is 14.0. The number of aliphatic imine (C=N–C) groups is 1. The van der Waals surface area contributed by atoms with Crippen molar-refractivity contribution in [2.24, 2.45) is 4.99 Å². The highest BCUT2D eigenvalue weighted by Gasteiger charge is 2.27. The van der Waals surface area contributed by atoms with Gasteiger partial charge in [-0.3, -0.25) is 14.7 Å². The van der Waals surface area contributed by atoms with Gasteiger partial charge in [0, 0.05) is 26.7 Å². The summed E-state index contributed by atoms with van der Waals surface area (Å²) in [5.74, 6) is 1.28. The average molecular weight is 461 g/mol. The summed E-state index contributed by atoms with van der Waals surface area (Å²) in [5.41, 5.74) is 1.11. The third-order valence-electron chi connectivity index (χ3n) is 3.67. The molecular weight excluding hydrogens is 437 g/mol. The lowest BCUT2D eigenvalue weighted by atomic mass is 10.1. The zero-order chi connectivity index (χ0) is 17.4. The Balaban J connectivity index is 0.00000312. The van der Waals surface area contributed by atoms with E-state index in [-0.39, 0.29) is 42.5 Å². The van der Waals surface area contributed by atoms with E-state index in [1.165, 1.54) is 4.90 Å². The number of urea groups is 1. The Morgan fingerprint density at radius 3 is 2.64 bits per heavy atom. The molecule has 1 heterocycles. The summed E-state index contributed by atoms with van der Waals surface area (Å²) >= 11 is 0. The quantitative estimate of drug-likeness (QED) is 0.239. The monoisotopic (exact) mass is 461 g/mol. The number of guanidine groups is 1. The van der Waals surface area contributed by atoms with Crippen molar-refractivity contribution >= 4 is 41.9 Å². The van der Waals surface area contributed by atoms with E-state index in [2.05, 4.69) is 20.9 Å². The van der Waals surface area contributed by atoms with E-state index in [1.807, 2.05) is 24.3 Å². The number of imide groups is 1. The Bertz CT molecular complexity index is 608. The molecule has 0 aromatic heterocycles. The van der Waals surface area contributed by atoms with Crippen LogP contribution in [0.1, 0.15) is 5.56 Å². The number of carbonyl (C=O) groups excluding carboxylic acids is 2. The first kappa shape index (κ1) is 21.0. The minimum atomic E-state index is -0.346. The summed E-state index contributed by atoms with van der Waals surface area (Å²) in [6.45, 7) is 1.50. The standard InChI is InChI=1S/C16H23N5O3.HI/c1-17-15(19-9-10-21-14(22)11-20-16(21)23)18-8-7-12-5-3-4-6-13(12)24-2;/h3-6H,7-11H2,1-2H3,(H,20,23)(H2,17,18,19);1H. The predicted molar refractivity (Wildman–Crippen MR) is 107 cm³/mol. The van der Waals surface area contributed by atoms with E-state index in [0.717, 1.165) is 17.7 Å². The van der Waals surface area contributed by atoms with Crippen molar-refractivity contribution in [3.8, 4) is 5.75 Å². The summed E-state index contributed by atoms with van der Waals surface area (Å²) in [6, 6.07) is 7.52. The van der Waals surface area contributed by atoms with Crippen LogP contribution in [0, 0.1) is 0 Å². The Morgan fingerprint density at radius 1 is 1.28 bits per heavy atom. The van der Waals surface area contributed by atoms with Gasteiger partial charge in [-0.1, -0.05) is 18.2 Å². The fraction of sp³-hybridized carbons (Fsp3) is 0.438. The zero-order valence-electron chi connectivity index (χ0n) is 14.4. The van der Waals surface area contributed by atoms with Crippen molar-refractivity contribution in [2.45, 2.75) is 6.42 Å². The lowest BCUT2D eigenvalue weighted by Gasteiger charge is -2.15. The number of rotatable bonds is 7. The van der Waals surface area contributed by atoms with Crippen molar-refractivity contribution in [2.75, 3.05) is 40.3 Å². The molecule has 3 amide bonds. The number of para-hydroxylation sites is 1. The second kappa shape index (κ2) is 10.7. The maximum absolute atomic E-state index is 11.5. The van der Waals surface area contributed by atoms with Crippen LogP contribution >= 0.6 is 24.0 Å². The maximum Gasteiger partial charge on any atom is 0.324 e. The molecule has 2 rings (SSSR count). The molecule has 0 unspecified atom stereocenters. The number of hydrogen-bond donors (Lipinski definition) is 3. The first-order valence-corrected chi connectivity index (χ1v) is 7.80. The third-order valence-corrected chi connectivity index (χ3v) is 3.67. The van der Waals surface area contributed by atoms with Crippen LogP contribution in [-0.2, 0) is 11.2 Å². The van der Waals surface area contributed by atoms with E-state index >= 15 is 0 Å². The van der Waals surface area contributed by atoms with Crippen LogP contribution in [0.2, 0.25) is 0 Å². The molecule has 0 atom stereocenters. The van der Waals surface area contributed by atoms with Crippen LogP contribution in [0.3, 0.4) is 0 Å². The van der Waals surface area contributed by atoms with Gasteiger partial charge in [0.2, 0.25) is 5.91 Å². The van der Waals surface area contributed by atoms with Gasteiger partial charge in [0.25, 0.3) is 0 Å². The first-order valence-electron chi connectivity index (χ1n) is 7.80. The molecule has 1 aliphatic rings. The molecule has 0 aliphatic carbocycles. The molecule has 1 aromatic rings. The van der Waals surface area contributed by atoms with E-state index < -0.39 is 0 Å². The van der Waals surface area contributed by atoms with Gasteiger partial charge in [-0.2, -0.15) is 0 Å². The summed E-state index contributed by atoms with van der Waals surface area (Å²) in [5, 5.41) is 8.77. The molecule has 1 saturated heterocycles. The van der Waals surface area contributed by atoms with Crippen molar-refractivity contribution in [3.05, 3.63) is 29.8 Å². The number of amides is 3. The second-order valence-corrected chi connectivity index (χ2v) is 5.19. The molecule has 0 radical (unpaired) electrons. The lowest BCUT2D eigenvalue weighted by molar-refractivity contribution is -0.124. The van der Waals surface area contributed by atoms with Crippen LogP contribution in [0.15, 0.2) is 29.3 Å². The summed E-state index contributed by atoms with van der Waals surface area (Å²) in [4.78, 5) is 28.2. The third kappa shape index (κ3) is 6.07. The van der Waals surface area contributed by atoms with Crippen molar-refractivity contribution in [1.29, 1.82) is 0 Å². The predicted octanol–water partition coefficient (Wildman–Crippen LogP) is 0.572. The first-order chi connectivity index (χ1) is 11.7. The molecule has 8 nitrogen and oxygen atoms in total. The van der Waals surface area contributed by atoms with Crippen molar-refractivity contribution in [3.63, 3.8) is 0 Å². The number of ether oxygens (including phenoxy) is 1. The summed E-state index contributed by atoms with van der Waals surface area (Å²) < 4.78 is 5.32. The number of methoxy groups -OCH3 is 1. The van der Waals surface area contributed by atoms with Crippen LogP contribution < -0.4 is 20.7 Å². The van der Waals surface area contributed by atoms with Gasteiger partial charge in [0.15, 0.2) is 5.96 Å². The van der Waals surface area contributed by atoms with Gasteiger partial charge in [-0.25, -0.2) is 4.79 Å². The molecule has 0 spiro atoms. The number of carbonyl (C=O) groups is 2. The number of nitrogens with one attached hydrogen (secondary N) is 3. The molecule has 25 heavy (non-hydrogen) atoms. The number of halogens is 1. The SMILES string of the molecule is CN=C(NCCc1ccccc1OC)NCCN1C(=O)CNC1=O.I. The molecule has 1 aliphatic heterocycles. The Labute approximate surface area is 164 Å². The van der Waals surface area contributed by atoms with Crippen LogP contribution in [-0.4, -0.2) is 63.1 Å². The van der Waals surface area contributed by atoms with E-state index in [9.17, 15) is 9.59 Å². The largest absolute Gasteiger partial charge is 0.496 e. The fourth-order valence-electron chi connectivity index (χ4n) is 2.41. The van der Waals surface area contributed by atoms with E-state index in [1.54, 1.807) is 14.2 Å². The van der Waals surface area contributed by atoms with Crippen molar-refractivity contribution < 1.29 is 14.3 Å². The molecule has 9 heteroatoms. The zero-order valence-corrected chi connectivity index (χ0v) is 16.7. The van der Waals surface area contributed by atoms with Gasteiger partial charge < -0.3 is 20.7 Å². The van der Waals surface area contributed by atoms with Gasteiger partial charge in [-0.15, -0.1) is 24.0 Å². The molecule has 0 saturated carbocycles. The number of benzene rings is 1. The summed E-state index contributed by atoms with van der Waals surface area (Å²) in [6.07, 6.45) is 0.789.